The highest BCUT2D eigenvalue weighted by atomic mass is 14.9. The van der Waals surface area contributed by atoms with Crippen LogP contribution in [0.2, 0.25) is 0 Å². The third-order valence-corrected chi connectivity index (χ3v) is 2.23. The van der Waals surface area contributed by atoms with E-state index in [0.29, 0.717) is 0 Å². The average Bonchev–Trinajstić information content (AvgIpc) is 2.06. The number of hydrogen-bond donors (Lipinski definition) is 2. The SMILES string of the molecule is c1ccc2c(c1)CNCCNC2. The van der Waals surface area contributed by atoms with Gasteiger partial charge in [0, 0.05) is 26.2 Å². The Morgan fingerprint density at radius 1 is 0.833 bits per heavy atom. The molecule has 0 saturated heterocycles. The smallest absolute Gasteiger partial charge is 0.0209 e. The molecule has 1 heterocycles. The zero-order valence-corrected chi connectivity index (χ0v) is 7.14. The van der Waals surface area contributed by atoms with Gasteiger partial charge in [-0.2, -0.15) is 0 Å². The zero-order chi connectivity index (χ0) is 8.23. The van der Waals surface area contributed by atoms with Crippen LogP contribution in [0.15, 0.2) is 24.3 Å². The Labute approximate surface area is 73.0 Å². The topological polar surface area (TPSA) is 24.1 Å². The monoisotopic (exact) mass is 162 g/mol. The first-order chi connectivity index (χ1) is 5.97. The number of rotatable bonds is 0. The Kier molecular flexibility index (Phi) is 2.39. The highest BCUT2D eigenvalue weighted by Gasteiger charge is 2.03. The molecule has 1 aliphatic rings. The quantitative estimate of drug-likeness (QED) is 0.591. The third kappa shape index (κ3) is 1.65. The van der Waals surface area contributed by atoms with Gasteiger partial charge in [-0.25, -0.2) is 0 Å². The first-order valence-corrected chi connectivity index (χ1v) is 4.45. The third-order valence-electron chi connectivity index (χ3n) is 2.23. The molecule has 12 heavy (non-hydrogen) atoms. The summed E-state index contributed by atoms with van der Waals surface area (Å²) in [6, 6.07) is 8.58. The Morgan fingerprint density at radius 3 is 1.83 bits per heavy atom. The van der Waals surface area contributed by atoms with E-state index >= 15 is 0 Å². The first-order valence-electron chi connectivity index (χ1n) is 4.45. The largest absolute Gasteiger partial charge is 0.311 e. The number of fused-ring (bicyclic) bond motifs is 1. The van der Waals surface area contributed by atoms with Gasteiger partial charge in [-0.05, 0) is 11.1 Å². The van der Waals surface area contributed by atoms with Crippen molar-refractivity contribution in [3.8, 4) is 0 Å². The maximum absolute atomic E-state index is 3.38. The van der Waals surface area contributed by atoms with Crippen molar-refractivity contribution < 1.29 is 0 Å². The van der Waals surface area contributed by atoms with Crippen molar-refractivity contribution in [2.45, 2.75) is 13.1 Å². The lowest BCUT2D eigenvalue weighted by Crippen LogP contribution is -2.30. The van der Waals surface area contributed by atoms with Crippen LogP contribution in [0.1, 0.15) is 11.1 Å². The van der Waals surface area contributed by atoms with Crippen LogP contribution in [0.3, 0.4) is 0 Å². The lowest BCUT2D eigenvalue weighted by Gasteiger charge is -2.15. The van der Waals surface area contributed by atoms with Gasteiger partial charge in [0.25, 0.3) is 0 Å². The molecule has 0 spiro atoms. The summed E-state index contributed by atoms with van der Waals surface area (Å²) in [5.74, 6) is 0. The lowest BCUT2D eigenvalue weighted by molar-refractivity contribution is 0.584. The molecule has 64 valence electrons. The van der Waals surface area contributed by atoms with Crippen molar-refractivity contribution in [2.75, 3.05) is 13.1 Å². The minimum Gasteiger partial charge on any atom is -0.311 e. The van der Waals surface area contributed by atoms with E-state index < -0.39 is 0 Å². The fourth-order valence-electron chi connectivity index (χ4n) is 1.53. The highest BCUT2D eigenvalue weighted by molar-refractivity contribution is 5.27. The first kappa shape index (κ1) is 7.77. The molecule has 1 aromatic rings. The minimum absolute atomic E-state index is 1.01. The predicted molar refractivity (Wildman–Crippen MR) is 49.9 cm³/mol. The molecule has 0 radical (unpaired) electrons. The Morgan fingerprint density at radius 2 is 1.33 bits per heavy atom. The van der Waals surface area contributed by atoms with Gasteiger partial charge in [-0.3, -0.25) is 0 Å². The summed E-state index contributed by atoms with van der Waals surface area (Å²) < 4.78 is 0. The molecule has 0 aliphatic carbocycles. The second-order valence-corrected chi connectivity index (χ2v) is 3.12. The minimum atomic E-state index is 1.01. The maximum Gasteiger partial charge on any atom is 0.0209 e. The molecule has 2 rings (SSSR count). The second kappa shape index (κ2) is 3.70. The molecule has 0 unspecified atom stereocenters. The van der Waals surface area contributed by atoms with Gasteiger partial charge in [-0.1, -0.05) is 24.3 Å². The summed E-state index contributed by atoms with van der Waals surface area (Å²) in [7, 11) is 0. The average molecular weight is 162 g/mol. The highest BCUT2D eigenvalue weighted by Crippen LogP contribution is 2.08. The molecular weight excluding hydrogens is 148 g/mol. The maximum atomic E-state index is 3.38. The normalized spacial score (nSPS) is 17.7. The van der Waals surface area contributed by atoms with Gasteiger partial charge >= 0.3 is 0 Å². The fourth-order valence-corrected chi connectivity index (χ4v) is 1.53. The molecule has 2 N–H and O–H groups in total. The van der Waals surface area contributed by atoms with Crippen LogP contribution in [-0.4, -0.2) is 13.1 Å². The van der Waals surface area contributed by atoms with E-state index in [4.69, 9.17) is 0 Å². The molecule has 0 amide bonds. The number of benzene rings is 1. The van der Waals surface area contributed by atoms with Gasteiger partial charge in [-0.15, -0.1) is 0 Å². The van der Waals surface area contributed by atoms with E-state index in [1.807, 2.05) is 0 Å². The van der Waals surface area contributed by atoms with E-state index in [-0.39, 0.29) is 0 Å². The summed E-state index contributed by atoms with van der Waals surface area (Å²) in [5.41, 5.74) is 2.84. The molecule has 0 atom stereocenters. The number of nitrogens with one attached hydrogen (secondary N) is 2. The number of hydrogen-bond acceptors (Lipinski definition) is 2. The van der Waals surface area contributed by atoms with Crippen molar-refractivity contribution in [2.24, 2.45) is 0 Å². The molecule has 0 fully saturated rings. The Balaban J connectivity index is 2.24. The Bertz CT molecular complexity index is 231. The fraction of sp³-hybridized carbons (Fsp3) is 0.400. The van der Waals surface area contributed by atoms with E-state index in [9.17, 15) is 0 Å². The summed E-state index contributed by atoms with van der Waals surface area (Å²) in [5, 5.41) is 6.76. The molecular formula is C10H14N2. The van der Waals surface area contributed by atoms with Crippen LogP contribution < -0.4 is 10.6 Å². The van der Waals surface area contributed by atoms with E-state index in [0.717, 1.165) is 26.2 Å². The predicted octanol–water partition coefficient (Wildman–Crippen LogP) is 0.879. The van der Waals surface area contributed by atoms with Crippen molar-refractivity contribution in [1.29, 1.82) is 0 Å². The summed E-state index contributed by atoms with van der Waals surface area (Å²) in [6.07, 6.45) is 0. The summed E-state index contributed by atoms with van der Waals surface area (Å²) >= 11 is 0. The van der Waals surface area contributed by atoms with Gasteiger partial charge in [0.1, 0.15) is 0 Å². The van der Waals surface area contributed by atoms with Crippen LogP contribution >= 0.6 is 0 Å². The molecule has 2 nitrogen and oxygen atoms in total. The van der Waals surface area contributed by atoms with Gasteiger partial charge < -0.3 is 10.6 Å². The summed E-state index contributed by atoms with van der Waals surface area (Å²) in [6.45, 7) is 4.15. The molecule has 1 aliphatic heterocycles. The van der Waals surface area contributed by atoms with Crippen LogP contribution in [0, 0.1) is 0 Å². The van der Waals surface area contributed by atoms with Crippen LogP contribution in [0.25, 0.3) is 0 Å². The van der Waals surface area contributed by atoms with Crippen LogP contribution in [-0.2, 0) is 13.1 Å². The standard InChI is InChI=1S/C10H14N2/c1-2-4-10-8-12-6-5-11-7-9(10)3-1/h1-4,11-12H,5-8H2. The van der Waals surface area contributed by atoms with Crippen molar-refractivity contribution >= 4 is 0 Å². The van der Waals surface area contributed by atoms with Gasteiger partial charge in [0.2, 0.25) is 0 Å². The molecule has 0 aromatic heterocycles. The molecule has 1 aromatic carbocycles. The molecule has 2 heteroatoms. The van der Waals surface area contributed by atoms with E-state index in [1.165, 1.54) is 11.1 Å². The van der Waals surface area contributed by atoms with Crippen molar-refractivity contribution in [1.82, 2.24) is 10.6 Å². The van der Waals surface area contributed by atoms with Crippen LogP contribution in [0.5, 0.6) is 0 Å². The second-order valence-electron chi connectivity index (χ2n) is 3.12. The van der Waals surface area contributed by atoms with E-state index in [1.54, 1.807) is 0 Å². The van der Waals surface area contributed by atoms with E-state index in [2.05, 4.69) is 34.9 Å². The lowest BCUT2D eigenvalue weighted by atomic mass is 10.1. The van der Waals surface area contributed by atoms with Crippen molar-refractivity contribution in [3.05, 3.63) is 35.4 Å². The molecule has 0 saturated carbocycles. The van der Waals surface area contributed by atoms with Crippen LogP contribution in [0.4, 0.5) is 0 Å². The van der Waals surface area contributed by atoms with Gasteiger partial charge in [0.15, 0.2) is 0 Å². The molecule has 0 bridgehead atoms. The van der Waals surface area contributed by atoms with Crippen molar-refractivity contribution in [3.63, 3.8) is 0 Å². The van der Waals surface area contributed by atoms with Gasteiger partial charge in [0.05, 0.1) is 0 Å². The summed E-state index contributed by atoms with van der Waals surface area (Å²) in [4.78, 5) is 0. The Hall–Kier alpha value is -0.860. The zero-order valence-electron chi connectivity index (χ0n) is 7.14.